The van der Waals surface area contributed by atoms with Gasteiger partial charge in [-0.25, -0.2) is 0 Å². The minimum Gasteiger partial charge on any atom is -0.388 e. The lowest BCUT2D eigenvalue weighted by molar-refractivity contribution is 0.183. The summed E-state index contributed by atoms with van der Waals surface area (Å²) in [5, 5.41) is 9.74. The molecule has 0 aliphatic heterocycles. The van der Waals surface area contributed by atoms with Crippen LogP contribution in [0.5, 0.6) is 0 Å². The van der Waals surface area contributed by atoms with Crippen LogP contribution in [0, 0.1) is 11.8 Å². The van der Waals surface area contributed by atoms with E-state index in [9.17, 15) is 5.11 Å². The molecule has 0 heterocycles. The van der Waals surface area contributed by atoms with Gasteiger partial charge in [-0.1, -0.05) is 17.7 Å². The summed E-state index contributed by atoms with van der Waals surface area (Å²) in [7, 11) is 0. The third kappa shape index (κ3) is 0.875. The summed E-state index contributed by atoms with van der Waals surface area (Å²) in [5.74, 6) is 0.977. The molecular formula is C10H14O. The molecule has 0 aromatic heterocycles. The summed E-state index contributed by atoms with van der Waals surface area (Å²) < 4.78 is 0. The topological polar surface area (TPSA) is 20.2 Å². The van der Waals surface area contributed by atoms with E-state index in [1.165, 1.54) is 11.1 Å². The highest BCUT2D eigenvalue weighted by Crippen LogP contribution is 2.44. The van der Waals surface area contributed by atoms with Gasteiger partial charge in [0, 0.05) is 11.8 Å². The zero-order valence-corrected chi connectivity index (χ0v) is 7.04. The fraction of sp³-hybridized carbons (Fsp3) is 0.600. The average Bonchev–Trinajstić information content (AvgIpc) is 2.44. The van der Waals surface area contributed by atoms with Gasteiger partial charge in [0.2, 0.25) is 0 Å². The number of rotatable bonds is 0. The Morgan fingerprint density at radius 2 is 2.18 bits per heavy atom. The van der Waals surface area contributed by atoms with Gasteiger partial charge in [0.1, 0.15) is 0 Å². The van der Waals surface area contributed by atoms with Crippen molar-refractivity contribution in [3.05, 3.63) is 23.3 Å². The summed E-state index contributed by atoms with van der Waals surface area (Å²) in [4.78, 5) is 0. The molecule has 11 heavy (non-hydrogen) atoms. The van der Waals surface area contributed by atoms with Crippen LogP contribution in [0.25, 0.3) is 0 Å². The molecule has 2 aliphatic carbocycles. The Morgan fingerprint density at radius 1 is 1.45 bits per heavy atom. The maximum absolute atomic E-state index is 9.74. The van der Waals surface area contributed by atoms with Crippen LogP contribution in [-0.4, -0.2) is 11.2 Å². The highest BCUT2D eigenvalue weighted by atomic mass is 16.3. The number of aliphatic hydroxyl groups is 1. The van der Waals surface area contributed by atoms with E-state index >= 15 is 0 Å². The van der Waals surface area contributed by atoms with E-state index in [0.717, 1.165) is 6.42 Å². The van der Waals surface area contributed by atoms with Crippen molar-refractivity contribution in [1.29, 1.82) is 0 Å². The van der Waals surface area contributed by atoms with E-state index in [1.54, 1.807) is 0 Å². The van der Waals surface area contributed by atoms with Gasteiger partial charge >= 0.3 is 0 Å². The quantitative estimate of drug-likeness (QED) is 0.523. The van der Waals surface area contributed by atoms with E-state index in [4.69, 9.17) is 0 Å². The Labute approximate surface area is 67.4 Å². The first-order valence-electron chi connectivity index (χ1n) is 4.24. The molecule has 0 amide bonds. The highest BCUT2D eigenvalue weighted by Gasteiger charge is 2.39. The third-order valence-electron chi connectivity index (χ3n) is 2.82. The molecule has 1 heteroatoms. The monoisotopic (exact) mass is 150 g/mol. The minimum atomic E-state index is -0.171. The number of fused-ring (bicyclic) bond motifs is 2. The number of hydrogen-bond donors (Lipinski definition) is 1. The Morgan fingerprint density at radius 3 is 2.55 bits per heavy atom. The van der Waals surface area contributed by atoms with Crippen LogP contribution in [0.1, 0.15) is 20.3 Å². The zero-order chi connectivity index (χ0) is 8.01. The van der Waals surface area contributed by atoms with E-state index in [1.807, 2.05) is 0 Å². The van der Waals surface area contributed by atoms with Crippen molar-refractivity contribution < 1.29 is 5.11 Å². The fourth-order valence-electron chi connectivity index (χ4n) is 2.31. The second kappa shape index (κ2) is 2.21. The molecule has 2 aliphatic rings. The molecule has 60 valence electrons. The molecule has 0 spiro atoms. The Bertz CT molecular complexity index is 233. The summed E-state index contributed by atoms with van der Waals surface area (Å²) >= 11 is 0. The number of aliphatic hydroxyl groups excluding tert-OH is 1. The van der Waals surface area contributed by atoms with E-state index in [2.05, 4.69) is 26.0 Å². The van der Waals surface area contributed by atoms with E-state index in [0.29, 0.717) is 11.8 Å². The summed E-state index contributed by atoms with van der Waals surface area (Å²) in [6.07, 6.45) is 5.36. The smallest absolute Gasteiger partial charge is 0.0821 e. The summed E-state index contributed by atoms with van der Waals surface area (Å²) in [6, 6.07) is 0. The fourth-order valence-corrected chi connectivity index (χ4v) is 2.31. The van der Waals surface area contributed by atoms with Crippen LogP contribution in [0.3, 0.4) is 0 Å². The van der Waals surface area contributed by atoms with Crippen LogP contribution < -0.4 is 0 Å². The van der Waals surface area contributed by atoms with Gasteiger partial charge in [0.05, 0.1) is 6.10 Å². The second-order valence-electron chi connectivity index (χ2n) is 3.79. The summed E-state index contributed by atoms with van der Waals surface area (Å²) in [5.41, 5.74) is 2.58. The van der Waals surface area contributed by atoms with Gasteiger partial charge < -0.3 is 5.11 Å². The molecular weight excluding hydrogens is 136 g/mol. The predicted molar refractivity (Wildman–Crippen MR) is 45.1 cm³/mol. The normalized spacial score (nSPS) is 40.3. The van der Waals surface area contributed by atoms with Gasteiger partial charge in [-0.2, -0.15) is 0 Å². The van der Waals surface area contributed by atoms with Crippen LogP contribution in [0.4, 0.5) is 0 Å². The number of allylic oxidation sites excluding steroid dienone is 2. The molecule has 0 aromatic rings. The molecule has 0 radical (unpaired) electrons. The molecule has 0 aromatic carbocycles. The standard InChI is InChI=1S/C10H14O/c1-6(2)9-7-3-4-8(5-7)10(9)11/h3-4,7-8,10-11H,5H2,1-2H3/t7-,8+,10-/m0/s1. The second-order valence-corrected chi connectivity index (χ2v) is 3.79. The van der Waals surface area contributed by atoms with Crippen LogP contribution in [0.15, 0.2) is 23.3 Å². The zero-order valence-electron chi connectivity index (χ0n) is 7.04. The molecule has 2 rings (SSSR count). The predicted octanol–water partition coefficient (Wildman–Crippen LogP) is 1.89. The lowest BCUT2D eigenvalue weighted by atomic mass is 9.94. The third-order valence-corrected chi connectivity index (χ3v) is 2.82. The van der Waals surface area contributed by atoms with Gasteiger partial charge in [0.25, 0.3) is 0 Å². The summed E-state index contributed by atoms with van der Waals surface area (Å²) in [6.45, 7) is 4.18. The van der Waals surface area contributed by atoms with Crippen molar-refractivity contribution in [2.75, 3.05) is 0 Å². The lowest BCUT2D eigenvalue weighted by Crippen LogP contribution is -2.16. The minimum absolute atomic E-state index is 0.171. The molecule has 0 unspecified atom stereocenters. The Kier molecular flexibility index (Phi) is 1.43. The average molecular weight is 150 g/mol. The Balaban J connectivity index is 2.40. The van der Waals surface area contributed by atoms with Crippen molar-refractivity contribution in [3.8, 4) is 0 Å². The van der Waals surface area contributed by atoms with E-state index < -0.39 is 0 Å². The molecule has 1 N–H and O–H groups in total. The van der Waals surface area contributed by atoms with Gasteiger partial charge in [-0.3, -0.25) is 0 Å². The molecule has 1 saturated carbocycles. The van der Waals surface area contributed by atoms with Gasteiger partial charge in [0.15, 0.2) is 0 Å². The SMILES string of the molecule is CC(C)=C1[C@@H](O)[C@@H]2C=C[C@H]1C2. The maximum atomic E-state index is 9.74. The van der Waals surface area contributed by atoms with Gasteiger partial charge in [-0.15, -0.1) is 0 Å². The van der Waals surface area contributed by atoms with Crippen molar-refractivity contribution in [2.24, 2.45) is 11.8 Å². The molecule has 3 atom stereocenters. The molecule has 1 fully saturated rings. The van der Waals surface area contributed by atoms with Crippen molar-refractivity contribution in [3.63, 3.8) is 0 Å². The molecule has 1 nitrogen and oxygen atoms in total. The van der Waals surface area contributed by atoms with Crippen LogP contribution >= 0.6 is 0 Å². The maximum Gasteiger partial charge on any atom is 0.0821 e. The van der Waals surface area contributed by atoms with Crippen LogP contribution in [-0.2, 0) is 0 Å². The Hall–Kier alpha value is -0.560. The molecule has 2 bridgehead atoms. The first kappa shape index (κ1) is 7.11. The van der Waals surface area contributed by atoms with E-state index in [-0.39, 0.29) is 6.10 Å². The highest BCUT2D eigenvalue weighted by molar-refractivity contribution is 5.34. The molecule has 0 saturated heterocycles. The van der Waals surface area contributed by atoms with Crippen molar-refractivity contribution in [2.45, 2.75) is 26.4 Å². The van der Waals surface area contributed by atoms with Gasteiger partial charge in [-0.05, 0) is 25.8 Å². The number of hydrogen-bond acceptors (Lipinski definition) is 1. The van der Waals surface area contributed by atoms with Crippen LogP contribution in [0.2, 0.25) is 0 Å². The largest absolute Gasteiger partial charge is 0.388 e. The first-order valence-corrected chi connectivity index (χ1v) is 4.24. The van der Waals surface area contributed by atoms with Crippen molar-refractivity contribution >= 4 is 0 Å². The van der Waals surface area contributed by atoms with Crippen molar-refractivity contribution in [1.82, 2.24) is 0 Å². The lowest BCUT2D eigenvalue weighted by Gasteiger charge is -2.17. The first-order chi connectivity index (χ1) is 5.20.